The van der Waals surface area contributed by atoms with Gasteiger partial charge in [0.05, 0.1) is 27.4 Å². The van der Waals surface area contributed by atoms with Crippen LogP contribution in [0.2, 0.25) is 0 Å². The van der Waals surface area contributed by atoms with E-state index < -0.39 is 0 Å². The van der Waals surface area contributed by atoms with Crippen molar-refractivity contribution in [1.29, 1.82) is 0 Å². The smallest absolute Gasteiger partial charge is 0.251 e. The number of hydrogen-bond acceptors (Lipinski definition) is 5. The van der Waals surface area contributed by atoms with Crippen molar-refractivity contribution in [2.24, 2.45) is 0 Å². The lowest BCUT2D eigenvalue weighted by Crippen LogP contribution is -2.41. The minimum Gasteiger partial charge on any atom is -0.497 e. The van der Waals surface area contributed by atoms with E-state index in [9.17, 15) is 4.79 Å². The van der Waals surface area contributed by atoms with Gasteiger partial charge in [0.25, 0.3) is 5.91 Å². The van der Waals surface area contributed by atoms with Gasteiger partial charge in [-0.05, 0) is 59.5 Å². The summed E-state index contributed by atoms with van der Waals surface area (Å²) >= 11 is 0. The number of hydrogen-bond donors (Lipinski definition) is 1. The van der Waals surface area contributed by atoms with Crippen LogP contribution in [0.25, 0.3) is 0 Å². The summed E-state index contributed by atoms with van der Waals surface area (Å²) in [5.41, 5.74) is 4.18. The van der Waals surface area contributed by atoms with Crippen LogP contribution in [0.15, 0.2) is 66.7 Å². The molecule has 3 aromatic rings. The van der Waals surface area contributed by atoms with Crippen LogP contribution in [0.1, 0.15) is 33.1 Å². The first-order chi connectivity index (χ1) is 16.1. The summed E-state index contributed by atoms with van der Waals surface area (Å²) in [5, 5.41) is 3.14. The highest BCUT2D eigenvalue weighted by Crippen LogP contribution is 2.38. The molecule has 6 nitrogen and oxygen atoms in total. The van der Waals surface area contributed by atoms with Crippen LogP contribution in [0, 0.1) is 0 Å². The number of benzene rings is 3. The highest BCUT2D eigenvalue weighted by molar-refractivity contribution is 5.94. The number of nitrogens with zero attached hydrogens (tertiary/aromatic N) is 1. The second-order valence-corrected chi connectivity index (χ2v) is 8.07. The highest BCUT2D eigenvalue weighted by Gasteiger charge is 2.29. The summed E-state index contributed by atoms with van der Waals surface area (Å²) in [7, 11) is 4.98. The second-order valence-electron chi connectivity index (χ2n) is 8.07. The lowest BCUT2D eigenvalue weighted by molar-refractivity contribution is 0.0926. The molecule has 1 atom stereocenters. The normalized spacial score (nSPS) is 15.4. The van der Waals surface area contributed by atoms with E-state index in [1.807, 2.05) is 48.5 Å². The van der Waals surface area contributed by atoms with Gasteiger partial charge >= 0.3 is 0 Å². The van der Waals surface area contributed by atoms with Crippen LogP contribution in [-0.4, -0.2) is 45.2 Å². The van der Waals surface area contributed by atoms with E-state index in [0.717, 1.165) is 42.1 Å². The van der Waals surface area contributed by atoms with Crippen molar-refractivity contribution in [3.63, 3.8) is 0 Å². The first kappa shape index (κ1) is 22.7. The molecule has 0 spiro atoms. The Morgan fingerprint density at radius 1 is 0.939 bits per heavy atom. The molecule has 0 saturated carbocycles. The highest BCUT2D eigenvalue weighted by atomic mass is 16.5. The van der Waals surface area contributed by atoms with E-state index >= 15 is 0 Å². The second kappa shape index (κ2) is 10.4. The maximum Gasteiger partial charge on any atom is 0.251 e. The Hall–Kier alpha value is -3.51. The molecule has 0 saturated heterocycles. The average Bonchev–Trinajstić information content (AvgIpc) is 2.87. The Balaban J connectivity index is 1.63. The van der Waals surface area contributed by atoms with Crippen LogP contribution in [0.3, 0.4) is 0 Å². The Labute approximate surface area is 195 Å². The number of nitrogens with one attached hydrogen (secondary N) is 1. The maximum absolute atomic E-state index is 12.8. The van der Waals surface area contributed by atoms with Crippen LogP contribution in [0.5, 0.6) is 17.2 Å². The number of methoxy groups -OCH3 is 3. The zero-order valence-electron chi connectivity index (χ0n) is 19.3. The molecule has 0 bridgehead atoms. The molecule has 1 heterocycles. The quantitative estimate of drug-likeness (QED) is 0.561. The van der Waals surface area contributed by atoms with Gasteiger partial charge in [0.1, 0.15) is 5.75 Å². The third-order valence-corrected chi connectivity index (χ3v) is 6.13. The molecule has 172 valence electrons. The fraction of sp³-hybridized carbons (Fsp3) is 0.296. The molecule has 3 aromatic carbocycles. The standard InChI is InChI=1S/C27H30N2O4/c1-31-22-11-7-8-19(14-22)18-29-13-12-21-15-25(32-2)26(33-3)16-23(21)24(29)17-28-27(30)20-9-5-4-6-10-20/h4-11,14-16,24H,12-13,17-18H2,1-3H3,(H,28,30). The molecule has 1 N–H and O–H groups in total. The summed E-state index contributed by atoms with van der Waals surface area (Å²) in [4.78, 5) is 15.2. The van der Waals surface area contributed by atoms with E-state index in [-0.39, 0.29) is 11.9 Å². The zero-order valence-corrected chi connectivity index (χ0v) is 19.3. The lowest BCUT2D eigenvalue weighted by atomic mass is 9.91. The van der Waals surface area contributed by atoms with Gasteiger partial charge in [-0.2, -0.15) is 0 Å². The van der Waals surface area contributed by atoms with E-state index in [2.05, 4.69) is 28.4 Å². The van der Waals surface area contributed by atoms with Gasteiger partial charge in [-0.3, -0.25) is 9.69 Å². The van der Waals surface area contributed by atoms with E-state index in [0.29, 0.717) is 17.9 Å². The predicted octanol–water partition coefficient (Wildman–Crippen LogP) is 4.24. The van der Waals surface area contributed by atoms with Gasteiger partial charge < -0.3 is 19.5 Å². The minimum atomic E-state index is -0.0791. The Kier molecular flexibility index (Phi) is 7.15. The van der Waals surface area contributed by atoms with Crippen molar-refractivity contribution in [2.75, 3.05) is 34.4 Å². The van der Waals surface area contributed by atoms with Crippen molar-refractivity contribution >= 4 is 5.91 Å². The summed E-state index contributed by atoms with van der Waals surface area (Å²) in [6.45, 7) is 2.10. The minimum absolute atomic E-state index is 0.00702. The monoisotopic (exact) mass is 446 g/mol. The fourth-order valence-corrected chi connectivity index (χ4v) is 4.39. The van der Waals surface area contributed by atoms with Gasteiger partial charge in [-0.25, -0.2) is 0 Å². The molecule has 0 fully saturated rings. The van der Waals surface area contributed by atoms with Crippen molar-refractivity contribution in [3.05, 3.63) is 89.0 Å². The number of fused-ring (bicyclic) bond motifs is 1. The summed E-state index contributed by atoms with van der Waals surface area (Å²) in [6.07, 6.45) is 0.892. The first-order valence-electron chi connectivity index (χ1n) is 11.1. The average molecular weight is 447 g/mol. The molecular formula is C27H30N2O4. The first-order valence-corrected chi connectivity index (χ1v) is 11.1. The molecule has 1 aliphatic rings. The number of carbonyl (C=O) groups is 1. The molecule has 0 radical (unpaired) electrons. The number of ether oxygens (including phenoxy) is 3. The Morgan fingerprint density at radius 2 is 1.70 bits per heavy atom. The molecule has 0 aromatic heterocycles. The topological polar surface area (TPSA) is 60.0 Å². The van der Waals surface area contributed by atoms with Gasteiger partial charge in [-0.15, -0.1) is 0 Å². The predicted molar refractivity (Wildman–Crippen MR) is 128 cm³/mol. The molecule has 1 unspecified atom stereocenters. The Morgan fingerprint density at radius 3 is 2.42 bits per heavy atom. The summed E-state index contributed by atoms with van der Waals surface area (Å²) in [6, 6.07) is 21.5. The number of rotatable bonds is 8. The molecule has 6 heteroatoms. The van der Waals surface area contributed by atoms with Crippen LogP contribution in [-0.2, 0) is 13.0 Å². The van der Waals surface area contributed by atoms with Gasteiger partial charge in [0.15, 0.2) is 11.5 Å². The van der Waals surface area contributed by atoms with Crippen molar-refractivity contribution in [2.45, 2.75) is 19.0 Å². The maximum atomic E-state index is 12.8. The van der Waals surface area contributed by atoms with Crippen molar-refractivity contribution < 1.29 is 19.0 Å². The third kappa shape index (κ3) is 5.12. The molecular weight excluding hydrogens is 416 g/mol. The number of amides is 1. The van der Waals surface area contributed by atoms with Gasteiger partial charge in [-0.1, -0.05) is 30.3 Å². The van der Waals surface area contributed by atoms with E-state index in [4.69, 9.17) is 14.2 Å². The lowest BCUT2D eigenvalue weighted by Gasteiger charge is -2.38. The summed E-state index contributed by atoms with van der Waals surface area (Å²) in [5.74, 6) is 2.18. The van der Waals surface area contributed by atoms with E-state index in [1.165, 1.54) is 5.56 Å². The van der Waals surface area contributed by atoms with E-state index in [1.54, 1.807) is 21.3 Å². The molecule has 0 aliphatic carbocycles. The van der Waals surface area contributed by atoms with Gasteiger partial charge in [0, 0.05) is 25.2 Å². The molecule has 33 heavy (non-hydrogen) atoms. The van der Waals surface area contributed by atoms with Crippen LogP contribution >= 0.6 is 0 Å². The Bertz CT molecular complexity index is 1100. The fourth-order valence-electron chi connectivity index (χ4n) is 4.39. The molecule has 1 aliphatic heterocycles. The van der Waals surface area contributed by atoms with Crippen LogP contribution < -0.4 is 19.5 Å². The van der Waals surface area contributed by atoms with Crippen molar-refractivity contribution in [1.82, 2.24) is 10.2 Å². The van der Waals surface area contributed by atoms with Crippen LogP contribution in [0.4, 0.5) is 0 Å². The summed E-state index contributed by atoms with van der Waals surface area (Å²) < 4.78 is 16.5. The largest absolute Gasteiger partial charge is 0.497 e. The number of carbonyl (C=O) groups excluding carboxylic acids is 1. The zero-order chi connectivity index (χ0) is 23.2. The van der Waals surface area contributed by atoms with Gasteiger partial charge in [0.2, 0.25) is 0 Å². The molecule has 1 amide bonds. The SMILES string of the molecule is COc1cccc(CN2CCc3cc(OC)c(OC)cc3C2CNC(=O)c2ccccc2)c1. The van der Waals surface area contributed by atoms with Crippen molar-refractivity contribution in [3.8, 4) is 17.2 Å². The molecule has 4 rings (SSSR count). The third-order valence-electron chi connectivity index (χ3n) is 6.13.